The van der Waals surface area contributed by atoms with Gasteiger partial charge in [-0.25, -0.2) is 0 Å². The van der Waals surface area contributed by atoms with Gasteiger partial charge in [-0.3, -0.25) is 14.4 Å². The van der Waals surface area contributed by atoms with Crippen LogP contribution in [-0.4, -0.2) is 77.1 Å². The second-order valence-electron chi connectivity index (χ2n) is 6.97. The van der Waals surface area contributed by atoms with E-state index in [4.69, 9.17) is 4.74 Å². The van der Waals surface area contributed by atoms with Gasteiger partial charge in [0.25, 0.3) is 5.91 Å². The highest BCUT2D eigenvalue weighted by Gasteiger charge is 2.54. The van der Waals surface area contributed by atoms with E-state index in [1.54, 1.807) is 36.3 Å². The van der Waals surface area contributed by atoms with Crippen LogP contribution in [0.4, 0.5) is 0 Å². The molecule has 3 saturated heterocycles. The third-order valence-corrected chi connectivity index (χ3v) is 5.45. The predicted octanol–water partition coefficient (Wildman–Crippen LogP) is -0.630. The van der Waals surface area contributed by atoms with Crippen LogP contribution in [0.1, 0.15) is 23.2 Å². The molecular weight excluding hydrogens is 338 g/mol. The smallest absolute Gasteiger partial charge is 0.251 e. The van der Waals surface area contributed by atoms with E-state index >= 15 is 0 Å². The number of hydrogen-bond donors (Lipinski definition) is 2. The number of piperazine rings is 1. The van der Waals surface area contributed by atoms with Gasteiger partial charge in [0.1, 0.15) is 17.8 Å². The Bertz CT molecular complexity index is 750. The number of methoxy groups -OCH3 is 1. The van der Waals surface area contributed by atoms with E-state index in [-0.39, 0.29) is 30.7 Å². The quantitative estimate of drug-likeness (QED) is 0.749. The Morgan fingerprint density at radius 1 is 1.19 bits per heavy atom. The van der Waals surface area contributed by atoms with Gasteiger partial charge in [0.05, 0.1) is 19.3 Å². The Morgan fingerprint density at radius 3 is 2.62 bits per heavy atom. The second-order valence-corrected chi connectivity index (χ2v) is 6.97. The Balaban J connectivity index is 1.50. The van der Waals surface area contributed by atoms with Crippen molar-refractivity contribution in [1.82, 2.24) is 15.1 Å². The molecule has 3 fully saturated rings. The Labute approximate surface area is 150 Å². The van der Waals surface area contributed by atoms with Crippen LogP contribution in [0.25, 0.3) is 0 Å². The number of nitrogens with one attached hydrogen (secondary N) is 1. The first-order valence-corrected chi connectivity index (χ1v) is 8.73. The highest BCUT2D eigenvalue weighted by atomic mass is 16.5. The SMILES string of the molecule is COc1ccc(C(=O)N[C@H]2CCN3C(=O)[C@@H]4C[C@@H](O)CN4C(=O)[C@H]23)cc1. The number of benzene rings is 1. The van der Waals surface area contributed by atoms with Crippen LogP contribution in [0.15, 0.2) is 24.3 Å². The van der Waals surface area contributed by atoms with Crippen LogP contribution in [0.5, 0.6) is 5.75 Å². The van der Waals surface area contributed by atoms with Gasteiger partial charge in [-0.15, -0.1) is 0 Å². The monoisotopic (exact) mass is 359 g/mol. The van der Waals surface area contributed by atoms with Crippen molar-refractivity contribution in [3.63, 3.8) is 0 Å². The van der Waals surface area contributed by atoms with Crippen molar-refractivity contribution in [1.29, 1.82) is 0 Å². The minimum atomic E-state index is -0.689. The fourth-order valence-electron chi connectivity index (χ4n) is 4.14. The van der Waals surface area contributed by atoms with Crippen LogP contribution in [-0.2, 0) is 9.59 Å². The van der Waals surface area contributed by atoms with Crippen molar-refractivity contribution in [3.8, 4) is 5.75 Å². The number of rotatable bonds is 3. The lowest BCUT2D eigenvalue weighted by atomic mass is 10.0. The molecule has 3 aliphatic heterocycles. The fourth-order valence-corrected chi connectivity index (χ4v) is 4.14. The fraction of sp³-hybridized carbons (Fsp3) is 0.500. The minimum absolute atomic E-state index is 0.132. The molecule has 1 aromatic rings. The van der Waals surface area contributed by atoms with Crippen molar-refractivity contribution in [3.05, 3.63) is 29.8 Å². The molecule has 0 radical (unpaired) electrons. The summed E-state index contributed by atoms with van der Waals surface area (Å²) in [6.07, 6.45) is 0.157. The first-order valence-electron chi connectivity index (χ1n) is 8.73. The standard InChI is InChI=1S/C18H21N3O5/c1-26-12-4-2-10(3-5-12)16(23)19-13-6-7-20-15(13)18(25)21-9-11(22)8-14(21)17(20)24/h2-5,11,13-15,22H,6-9H2,1H3,(H,19,23)/t11-,13+,14+,15+/m1/s1. The van der Waals surface area contributed by atoms with Crippen molar-refractivity contribution < 1.29 is 24.2 Å². The number of hydrogen-bond acceptors (Lipinski definition) is 5. The van der Waals surface area contributed by atoms with Gasteiger partial charge in [0, 0.05) is 25.1 Å². The molecule has 3 aliphatic rings. The average molecular weight is 359 g/mol. The highest BCUT2D eigenvalue weighted by Crippen LogP contribution is 2.32. The summed E-state index contributed by atoms with van der Waals surface area (Å²) in [5.74, 6) is 0.0413. The summed E-state index contributed by atoms with van der Waals surface area (Å²) in [7, 11) is 1.55. The predicted molar refractivity (Wildman–Crippen MR) is 90.5 cm³/mol. The number of fused-ring (bicyclic) bond motifs is 2. The number of aliphatic hydroxyl groups excluding tert-OH is 1. The zero-order valence-electron chi connectivity index (χ0n) is 14.4. The van der Waals surface area contributed by atoms with Crippen LogP contribution in [0, 0.1) is 0 Å². The molecule has 1 aromatic carbocycles. The molecule has 26 heavy (non-hydrogen) atoms. The van der Waals surface area contributed by atoms with E-state index < -0.39 is 24.2 Å². The van der Waals surface area contributed by atoms with Crippen LogP contribution < -0.4 is 10.1 Å². The summed E-state index contributed by atoms with van der Waals surface area (Å²) in [6, 6.07) is 5.02. The van der Waals surface area contributed by atoms with Gasteiger partial charge in [-0.2, -0.15) is 0 Å². The van der Waals surface area contributed by atoms with Gasteiger partial charge in [0.15, 0.2) is 0 Å². The maximum Gasteiger partial charge on any atom is 0.251 e. The maximum absolute atomic E-state index is 12.8. The van der Waals surface area contributed by atoms with Crippen LogP contribution >= 0.6 is 0 Å². The number of aliphatic hydroxyl groups is 1. The first kappa shape index (κ1) is 16.8. The highest BCUT2D eigenvalue weighted by molar-refractivity contribution is 6.00. The van der Waals surface area contributed by atoms with Crippen LogP contribution in [0.3, 0.4) is 0 Å². The molecule has 0 bridgehead atoms. The number of amides is 3. The summed E-state index contributed by atoms with van der Waals surface area (Å²) in [6.45, 7) is 0.613. The number of carbonyl (C=O) groups is 3. The Hall–Kier alpha value is -2.61. The van der Waals surface area contributed by atoms with Crippen molar-refractivity contribution in [2.24, 2.45) is 0 Å². The van der Waals surface area contributed by atoms with Gasteiger partial charge < -0.3 is 25.0 Å². The molecule has 8 heteroatoms. The molecule has 3 heterocycles. The molecule has 0 saturated carbocycles. The zero-order chi connectivity index (χ0) is 18.4. The second kappa shape index (κ2) is 6.28. The van der Waals surface area contributed by atoms with E-state index in [2.05, 4.69) is 5.32 Å². The molecule has 0 spiro atoms. The molecule has 0 aliphatic carbocycles. The summed E-state index contributed by atoms with van der Waals surface area (Å²) < 4.78 is 5.08. The summed E-state index contributed by atoms with van der Waals surface area (Å²) in [5, 5.41) is 12.7. The number of ether oxygens (including phenoxy) is 1. The lowest BCUT2D eigenvalue weighted by molar-refractivity contribution is -0.157. The maximum atomic E-state index is 12.8. The Kier molecular flexibility index (Phi) is 4.07. The van der Waals surface area contributed by atoms with Gasteiger partial charge in [-0.1, -0.05) is 0 Å². The third-order valence-electron chi connectivity index (χ3n) is 5.45. The van der Waals surface area contributed by atoms with E-state index in [0.717, 1.165) is 0 Å². The van der Waals surface area contributed by atoms with Crippen molar-refractivity contribution >= 4 is 17.7 Å². The van der Waals surface area contributed by atoms with Gasteiger partial charge >= 0.3 is 0 Å². The minimum Gasteiger partial charge on any atom is -0.497 e. The number of nitrogens with zero attached hydrogens (tertiary/aromatic N) is 2. The molecule has 4 rings (SSSR count). The van der Waals surface area contributed by atoms with E-state index in [9.17, 15) is 19.5 Å². The van der Waals surface area contributed by atoms with E-state index in [1.165, 1.54) is 4.90 Å². The topological polar surface area (TPSA) is 99.2 Å². The number of carbonyl (C=O) groups excluding carboxylic acids is 3. The molecular formula is C18H21N3O5. The van der Waals surface area contributed by atoms with Gasteiger partial charge in [0.2, 0.25) is 11.8 Å². The van der Waals surface area contributed by atoms with Gasteiger partial charge in [-0.05, 0) is 30.7 Å². The summed E-state index contributed by atoms with van der Waals surface area (Å²) in [4.78, 5) is 41.0. The summed E-state index contributed by atoms with van der Waals surface area (Å²) >= 11 is 0. The molecule has 3 amide bonds. The molecule has 138 valence electrons. The van der Waals surface area contributed by atoms with E-state index in [1.807, 2.05) is 0 Å². The average Bonchev–Trinajstić information content (AvgIpc) is 3.24. The molecule has 8 nitrogen and oxygen atoms in total. The molecule has 4 atom stereocenters. The first-order chi connectivity index (χ1) is 12.5. The van der Waals surface area contributed by atoms with Crippen molar-refractivity contribution in [2.75, 3.05) is 20.2 Å². The normalized spacial score (nSPS) is 30.2. The third kappa shape index (κ3) is 2.61. The largest absolute Gasteiger partial charge is 0.497 e. The lowest BCUT2D eigenvalue weighted by Crippen LogP contribution is -2.64. The van der Waals surface area contributed by atoms with Crippen LogP contribution in [0.2, 0.25) is 0 Å². The molecule has 0 unspecified atom stereocenters. The molecule has 0 aromatic heterocycles. The Morgan fingerprint density at radius 2 is 1.92 bits per heavy atom. The van der Waals surface area contributed by atoms with Crippen molar-refractivity contribution in [2.45, 2.75) is 37.1 Å². The molecule has 2 N–H and O–H groups in total. The summed E-state index contributed by atoms with van der Waals surface area (Å²) in [5.41, 5.74) is 0.466. The zero-order valence-corrected chi connectivity index (χ0v) is 14.4. The van der Waals surface area contributed by atoms with E-state index in [0.29, 0.717) is 24.3 Å². The lowest BCUT2D eigenvalue weighted by Gasteiger charge is -2.40.